The first-order chi connectivity index (χ1) is 17.2. The second-order valence-corrected chi connectivity index (χ2v) is 9.11. The molecule has 5 rings (SSSR count). The fourth-order valence-electron chi connectivity index (χ4n) is 4.98. The summed E-state index contributed by atoms with van der Waals surface area (Å²) < 4.78 is 41.2. The molecule has 3 heterocycles. The number of rotatable bonds is 4. The second-order valence-electron chi connectivity index (χ2n) is 9.11. The normalized spacial score (nSPS) is 20.5. The predicted octanol–water partition coefficient (Wildman–Crippen LogP) is 3.88. The maximum atomic E-state index is 13.1. The largest absolute Gasteiger partial charge is 0.573 e. The van der Waals surface area contributed by atoms with E-state index in [4.69, 9.17) is 0 Å². The molecule has 2 atom stereocenters. The lowest BCUT2D eigenvalue weighted by atomic mass is 9.92. The van der Waals surface area contributed by atoms with Crippen molar-refractivity contribution >= 4 is 28.9 Å². The van der Waals surface area contributed by atoms with Gasteiger partial charge < -0.3 is 14.5 Å². The van der Waals surface area contributed by atoms with Crippen LogP contribution in [-0.4, -0.2) is 69.6 Å². The Hall–Kier alpha value is -3.89. The molecule has 11 heteroatoms. The molecular formula is C25H24F3N5O3. The number of H-pyrrole nitrogens is 1. The summed E-state index contributed by atoms with van der Waals surface area (Å²) in [5.41, 5.74) is 2.38. The lowest BCUT2D eigenvalue weighted by Crippen LogP contribution is -2.33. The van der Waals surface area contributed by atoms with Crippen molar-refractivity contribution in [2.45, 2.75) is 19.2 Å². The van der Waals surface area contributed by atoms with Crippen LogP contribution < -0.4 is 4.74 Å². The summed E-state index contributed by atoms with van der Waals surface area (Å²) >= 11 is 0. The Morgan fingerprint density at radius 2 is 1.69 bits per heavy atom. The number of aromatic amines is 1. The highest BCUT2D eigenvalue weighted by molar-refractivity contribution is 5.97. The zero-order chi connectivity index (χ0) is 25.3. The summed E-state index contributed by atoms with van der Waals surface area (Å²) in [6.45, 7) is 2.41. The zero-order valence-corrected chi connectivity index (χ0v) is 19.2. The lowest BCUT2D eigenvalue weighted by Gasteiger charge is -2.21. The van der Waals surface area contributed by atoms with Crippen LogP contribution in [0.1, 0.15) is 28.8 Å². The van der Waals surface area contributed by atoms with Crippen molar-refractivity contribution in [1.29, 1.82) is 0 Å². The van der Waals surface area contributed by atoms with Crippen molar-refractivity contribution in [2.24, 2.45) is 11.8 Å². The molecule has 188 valence electrons. The number of carbonyl (C=O) groups is 2. The summed E-state index contributed by atoms with van der Waals surface area (Å²) in [4.78, 5) is 29.4. The van der Waals surface area contributed by atoms with Gasteiger partial charge in [-0.3, -0.25) is 9.59 Å². The number of hydrogen-bond acceptors (Lipinski definition) is 5. The quantitative estimate of drug-likeness (QED) is 0.551. The van der Waals surface area contributed by atoms with E-state index in [-0.39, 0.29) is 17.6 Å². The van der Waals surface area contributed by atoms with E-state index >= 15 is 0 Å². The number of halogens is 3. The molecule has 0 bridgehead atoms. The number of nitrogens with one attached hydrogen (secondary N) is 1. The lowest BCUT2D eigenvalue weighted by molar-refractivity contribution is -0.274. The van der Waals surface area contributed by atoms with Gasteiger partial charge in [0.2, 0.25) is 5.91 Å². The smallest absolute Gasteiger partial charge is 0.406 e. The van der Waals surface area contributed by atoms with E-state index < -0.39 is 6.36 Å². The van der Waals surface area contributed by atoms with Crippen LogP contribution in [0.15, 0.2) is 48.5 Å². The molecule has 2 aromatic carbocycles. The molecule has 2 saturated heterocycles. The van der Waals surface area contributed by atoms with Crippen LogP contribution in [0.4, 0.5) is 13.2 Å². The average Bonchev–Trinajstić information content (AvgIpc) is 3.43. The van der Waals surface area contributed by atoms with E-state index in [1.165, 1.54) is 30.4 Å². The van der Waals surface area contributed by atoms with E-state index in [0.717, 1.165) is 12.8 Å². The standard InChI is InChI=1S/C25H24F3N5O3/c26-25(27,28)36-20-3-1-2-16(12-20)4-7-23(34)32-10-8-18-14-33(15-19(18)9-11-32)24(35)17-5-6-21-22(13-17)30-31-29-21/h1-7,12-13,18-19H,8-11,14-15H2,(H,29,30,31)/b7-4+/t18-,19?/m1/s1. The van der Waals surface area contributed by atoms with Crippen molar-refractivity contribution in [1.82, 2.24) is 25.2 Å². The molecule has 36 heavy (non-hydrogen) atoms. The maximum Gasteiger partial charge on any atom is 0.573 e. The summed E-state index contributed by atoms with van der Waals surface area (Å²) in [5.74, 6) is 0.0664. The Labute approximate surface area is 204 Å². The number of likely N-dealkylation sites (tertiary alicyclic amines) is 2. The molecule has 0 saturated carbocycles. The zero-order valence-electron chi connectivity index (χ0n) is 19.2. The molecule has 1 aromatic heterocycles. The van der Waals surface area contributed by atoms with Gasteiger partial charge in [-0.15, -0.1) is 13.2 Å². The molecule has 0 aliphatic carbocycles. The minimum absolute atomic E-state index is 0.0272. The summed E-state index contributed by atoms with van der Waals surface area (Å²) in [6.07, 6.45) is -0.337. The summed E-state index contributed by atoms with van der Waals surface area (Å²) in [6, 6.07) is 10.8. The van der Waals surface area contributed by atoms with Crippen LogP contribution in [0.5, 0.6) is 5.75 Å². The van der Waals surface area contributed by atoms with E-state index in [9.17, 15) is 22.8 Å². The van der Waals surface area contributed by atoms with Crippen LogP contribution in [-0.2, 0) is 4.79 Å². The minimum atomic E-state index is -4.77. The van der Waals surface area contributed by atoms with E-state index in [0.29, 0.717) is 60.2 Å². The van der Waals surface area contributed by atoms with Gasteiger partial charge in [0.25, 0.3) is 5.91 Å². The number of ether oxygens (including phenoxy) is 1. The number of alkyl halides is 3. The van der Waals surface area contributed by atoms with E-state index in [1.807, 2.05) is 4.90 Å². The third kappa shape index (κ3) is 5.34. The molecule has 1 N–H and O–H groups in total. The van der Waals surface area contributed by atoms with Crippen LogP contribution in [0.3, 0.4) is 0 Å². The number of benzene rings is 2. The van der Waals surface area contributed by atoms with Gasteiger partial charge in [0.15, 0.2) is 0 Å². The van der Waals surface area contributed by atoms with E-state index in [2.05, 4.69) is 20.1 Å². The molecule has 0 spiro atoms. The minimum Gasteiger partial charge on any atom is -0.406 e. The van der Waals surface area contributed by atoms with Gasteiger partial charge >= 0.3 is 6.36 Å². The van der Waals surface area contributed by atoms with Crippen molar-refractivity contribution < 1.29 is 27.5 Å². The third-order valence-electron chi connectivity index (χ3n) is 6.79. The Balaban J connectivity index is 1.17. The number of aromatic nitrogens is 3. The van der Waals surface area contributed by atoms with E-state index in [1.54, 1.807) is 29.2 Å². The molecule has 8 nitrogen and oxygen atoms in total. The second kappa shape index (κ2) is 9.63. The monoisotopic (exact) mass is 499 g/mol. The molecule has 1 unspecified atom stereocenters. The number of carbonyl (C=O) groups excluding carboxylic acids is 2. The van der Waals surface area contributed by atoms with Crippen LogP contribution in [0.25, 0.3) is 17.1 Å². The molecule has 2 fully saturated rings. The Morgan fingerprint density at radius 1 is 0.972 bits per heavy atom. The fourth-order valence-corrected chi connectivity index (χ4v) is 4.98. The van der Waals surface area contributed by atoms with Crippen molar-refractivity contribution in [3.63, 3.8) is 0 Å². The fraction of sp³-hybridized carbons (Fsp3) is 0.360. The van der Waals surface area contributed by atoms with Crippen molar-refractivity contribution in [3.05, 3.63) is 59.7 Å². The third-order valence-corrected chi connectivity index (χ3v) is 6.79. The van der Waals surface area contributed by atoms with Gasteiger partial charge in [-0.25, -0.2) is 0 Å². The van der Waals surface area contributed by atoms with Crippen LogP contribution in [0, 0.1) is 11.8 Å². The first-order valence-corrected chi connectivity index (χ1v) is 11.7. The molecule has 2 amide bonds. The van der Waals surface area contributed by atoms with Gasteiger partial charge in [0.1, 0.15) is 16.8 Å². The van der Waals surface area contributed by atoms with Crippen LogP contribution in [0.2, 0.25) is 0 Å². The Kier molecular flexibility index (Phi) is 6.38. The number of fused-ring (bicyclic) bond motifs is 2. The van der Waals surface area contributed by atoms with Gasteiger partial charge in [0.05, 0.1) is 0 Å². The highest BCUT2D eigenvalue weighted by Gasteiger charge is 2.37. The molecule has 2 aliphatic heterocycles. The highest BCUT2D eigenvalue weighted by atomic mass is 19.4. The van der Waals surface area contributed by atoms with Gasteiger partial charge in [0, 0.05) is 37.8 Å². The number of hydrogen-bond donors (Lipinski definition) is 1. The topological polar surface area (TPSA) is 91.4 Å². The molecular weight excluding hydrogens is 475 g/mol. The Morgan fingerprint density at radius 3 is 2.42 bits per heavy atom. The highest BCUT2D eigenvalue weighted by Crippen LogP contribution is 2.33. The van der Waals surface area contributed by atoms with Gasteiger partial charge in [-0.05, 0) is 66.6 Å². The molecule has 3 aromatic rings. The number of nitrogens with zero attached hydrogens (tertiary/aromatic N) is 4. The molecule has 2 aliphatic rings. The van der Waals surface area contributed by atoms with Gasteiger partial charge in [-0.1, -0.05) is 12.1 Å². The first-order valence-electron chi connectivity index (χ1n) is 11.7. The van der Waals surface area contributed by atoms with Crippen LogP contribution >= 0.6 is 0 Å². The molecule has 0 radical (unpaired) electrons. The summed E-state index contributed by atoms with van der Waals surface area (Å²) in [5, 5.41) is 10.6. The Bertz CT molecular complexity index is 1290. The van der Waals surface area contributed by atoms with Crippen molar-refractivity contribution in [2.75, 3.05) is 26.2 Å². The maximum absolute atomic E-state index is 13.1. The number of amides is 2. The first kappa shape index (κ1) is 23.8. The summed E-state index contributed by atoms with van der Waals surface area (Å²) in [7, 11) is 0. The SMILES string of the molecule is O=C(/C=C/c1cccc(OC(F)(F)F)c1)N1CCC2CN(C(=O)c3ccc4n[nH]nc4c3)C[C@H]2CC1. The average molecular weight is 499 g/mol. The van der Waals surface area contributed by atoms with Gasteiger partial charge in [-0.2, -0.15) is 15.4 Å². The predicted molar refractivity (Wildman–Crippen MR) is 125 cm³/mol. The van der Waals surface area contributed by atoms with Crippen molar-refractivity contribution in [3.8, 4) is 5.75 Å².